The van der Waals surface area contributed by atoms with Gasteiger partial charge in [0.2, 0.25) is 0 Å². The van der Waals surface area contributed by atoms with Gasteiger partial charge in [0.15, 0.2) is 0 Å². The molecule has 0 unspecified atom stereocenters. The number of hydrogen-bond donors (Lipinski definition) is 1. The van der Waals surface area contributed by atoms with Crippen LogP contribution in [-0.4, -0.2) is 16.1 Å². The van der Waals surface area contributed by atoms with Gasteiger partial charge in [-0.05, 0) is 18.6 Å². The van der Waals surface area contributed by atoms with Crippen LogP contribution in [0.2, 0.25) is 5.02 Å². The van der Waals surface area contributed by atoms with Crippen LogP contribution in [-0.2, 0) is 6.42 Å². The smallest absolute Gasteiger partial charge is 0.347 e. The maximum atomic E-state index is 11.0. The molecular weight excluding hydrogens is 258 g/mol. The first-order valence-corrected chi connectivity index (χ1v) is 6.20. The first kappa shape index (κ1) is 12.1. The topological polar surface area (TPSA) is 50.2 Å². The molecule has 1 aromatic heterocycles. The summed E-state index contributed by atoms with van der Waals surface area (Å²) in [5, 5.41) is 10.5. The zero-order chi connectivity index (χ0) is 12.4. The van der Waals surface area contributed by atoms with Crippen molar-refractivity contribution in [2.24, 2.45) is 0 Å². The number of carboxylic acids is 1. The number of halogens is 1. The molecule has 0 aliphatic rings. The van der Waals surface area contributed by atoms with E-state index in [1.165, 1.54) is 11.3 Å². The van der Waals surface area contributed by atoms with Crippen LogP contribution >= 0.6 is 22.9 Å². The molecule has 88 valence electrons. The van der Waals surface area contributed by atoms with Gasteiger partial charge in [0, 0.05) is 11.4 Å². The summed E-state index contributed by atoms with van der Waals surface area (Å²) in [6.45, 7) is 1.80. The number of thiazole rings is 1. The molecule has 2 aromatic rings. The highest BCUT2D eigenvalue weighted by atomic mass is 35.5. The summed E-state index contributed by atoms with van der Waals surface area (Å²) >= 11 is 7.23. The number of benzene rings is 1. The quantitative estimate of drug-likeness (QED) is 0.927. The Kier molecular flexibility index (Phi) is 3.45. The Bertz CT molecular complexity index is 565. The highest BCUT2D eigenvalue weighted by Gasteiger charge is 2.16. The second kappa shape index (κ2) is 4.85. The summed E-state index contributed by atoms with van der Waals surface area (Å²) in [4.78, 5) is 15.6. The molecule has 17 heavy (non-hydrogen) atoms. The molecule has 0 aliphatic carbocycles. The molecule has 1 heterocycles. The Morgan fingerprint density at radius 3 is 2.82 bits per heavy atom. The van der Waals surface area contributed by atoms with E-state index in [0.717, 1.165) is 10.6 Å². The molecule has 0 atom stereocenters. The van der Waals surface area contributed by atoms with Crippen molar-refractivity contribution in [3.05, 3.63) is 50.4 Å². The zero-order valence-electron chi connectivity index (χ0n) is 9.11. The standard InChI is InChI=1S/C12H10ClNO2S/c1-7-14-10(11(17-7)12(15)16)6-8-4-2-3-5-9(8)13/h2-5H,6H2,1H3,(H,15,16). The lowest BCUT2D eigenvalue weighted by Gasteiger charge is -2.02. The van der Waals surface area contributed by atoms with Crippen molar-refractivity contribution in [2.45, 2.75) is 13.3 Å². The summed E-state index contributed by atoms with van der Waals surface area (Å²) in [6, 6.07) is 7.39. The Balaban J connectivity index is 2.36. The Labute approximate surface area is 108 Å². The van der Waals surface area contributed by atoms with E-state index in [4.69, 9.17) is 16.7 Å². The van der Waals surface area contributed by atoms with Crippen LogP contribution in [0.3, 0.4) is 0 Å². The molecule has 3 nitrogen and oxygen atoms in total. The first-order valence-electron chi connectivity index (χ1n) is 5.01. The first-order chi connectivity index (χ1) is 8.08. The van der Waals surface area contributed by atoms with Crippen molar-refractivity contribution >= 4 is 28.9 Å². The van der Waals surface area contributed by atoms with Crippen LogP contribution < -0.4 is 0 Å². The van der Waals surface area contributed by atoms with Crippen molar-refractivity contribution in [2.75, 3.05) is 0 Å². The van der Waals surface area contributed by atoms with Crippen LogP contribution in [0.5, 0.6) is 0 Å². The van der Waals surface area contributed by atoms with Gasteiger partial charge in [-0.3, -0.25) is 0 Å². The molecule has 1 aromatic carbocycles. The molecular formula is C12H10ClNO2S. The highest BCUT2D eigenvalue weighted by molar-refractivity contribution is 7.13. The number of carbonyl (C=O) groups is 1. The lowest BCUT2D eigenvalue weighted by atomic mass is 10.1. The van der Waals surface area contributed by atoms with Gasteiger partial charge in [-0.15, -0.1) is 11.3 Å². The fourth-order valence-electron chi connectivity index (χ4n) is 1.58. The minimum absolute atomic E-state index is 0.294. The molecule has 0 radical (unpaired) electrons. The van der Waals surface area contributed by atoms with E-state index in [2.05, 4.69) is 4.98 Å². The molecule has 0 saturated heterocycles. The van der Waals surface area contributed by atoms with Gasteiger partial charge in [-0.2, -0.15) is 0 Å². The third-order valence-electron chi connectivity index (χ3n) is 2.31. The number of aromatic carboxylic acids is 1. The number of carboxylic acid groups (broad SMARTS) is 1. The van der Waals surface area contributed by atoms with Crippen molar-refractivity contribution in [1.82, 2.24) is 4.98 Å². The van der Waals surface area contributed by atoms with Gasteiger partial charge in [-0.25, -0.2) is 9.78 Å². The minimum atomic E-state index is -0.933. The Hall–Kier alpha value is -1.39. The van der Waals surface area contributed by atoms with Crippen LogP contribution in [0.25, 0.3) is 0 Å². The third-order valence-corrected chi connectivity index (χ3v) is 3.68. The van der Waals surface area contributed by atoms with Gasteiger partial charge in [-0.1, -0.05) is 29.8 Å². The molecule has 0 fully saturated rings. The fraction of sp³-hybridized carbons (Fsp3) is 0.167. The SMILES string of the molecule is Cc1nc(Cc2ccccc2Cl)c(C(=O)O)s1. The molecule has 0 aliphatic heterocycles. The van der Waals surface area contributed by atoms with E-state index < -0.39 is 5.97 Å². The van der Waals surface area contributed by atoms with Crippen molar-refractivity contribution in [3.63, 3.8) is 0 Å². The molecule has 0 bridgehead atoms. The normalized spacial score (nSPS) is 10.5. The summed E-state index contributed by atoms with van der Waals surface area (Å²) in [7, 11) is 0. The van der Waals surface area contributed by atoms with Gasteiger partial charge in [0.05, 0.1) is 10.7 Å². The summed E-state index contributed by atoms with van der Waals surface area (Å²) in [5.41, 5.74) is 1.47. The lowest BCUT2D eigenvalue weighted by Crippen LogP contribution is -2.00. The number of rotatable bonds is 3. The third kappa shape index (κ3) is 2.65. The Morgan fingerprint density at radius 1 is 1.47 bits per heavy atom. The largest absolute Gasteiger partial charge is 0.477 e. The monoisotopic (exact) mass is 267 g/mol. The molecule has 0 spiro atoms. The molecule has 2 rings (SSSR count). The second-order valence-electron chi connectivity index (χ2n) is 3.58. The lowest BCUT2D eigenvalue weighted by molar-refractivity contribution is 0.0701. The minimum Gasteiger partial charge on any atom is -0.477 e. The van der Waals surface area contributed by atoms with Crippen LogP contribution in [0, 0.1) is 6.92 Å². The van der Waals surface area contributed by atoms with E-state index >= 15 is 0 Å². The van der Waals surface area contributed by atoms with Crippen molar-refractivity contribution in [3.8, 4) is 0 Å². The number of hydrogen-bond acceptors (Lipinski definition) is 3. The van der Waals surface area contributed by atoms with Gasteiger partial charge in [0.25, 0.3) is 0 Å². The van der Waals surface area contributed by atoms with E-state index in [1.807, 2.05) is 18.2 Å². The number of nitrogens with zero attached hydrogens (tertiary/aromatic N) is 1. The number of aromatic nitrogens is 1. The van der Waals surface area contributed by atoms with E-state index in [0.29, 0.717) is 22.0 Å². The van der Waals surface area contributed by atoms with Crippen molar-refractivity contribution in [1.29, 1.82) is 0 Å². The van der Waals surface area contributed by atoms with Crippen LogP contribution in [0.1, 0.15) is 25.9 Å². The predicted octanol–water partition coefficient (Wildman–Crippen LogP) is 3.39. The van der Waals surface area contributed by atoms with Crippen LogP contribution in [0.15, 0.2) is 24.3 Å². The molecule has 5 heteroatoms. The van der Waals surface area contributed by atoms with Gasteiger partial charge < -0.3 is 5.11 Å². The van der Waals surface area contributed by atoms with Crippen LogP contribution in [0.4, 0.5) is 0 Å². The maximum absolute atomic E-state index is 11.0. The Morgan fingerprint density at radius 2 is 2.18 bits per heavy atom. The van der Waals surface area contributed by atoms with E-state index in [9.17, 15) is 4.79 Å². The average molecular weight is 268 g/mol. The maximum Gasteiger partial charge on any atom is 0.347 e. The zero-order valence-corrected chi connectivity index (χ0v) is 10.7. The predicted molar refractivity (Wildman–Crippen MR) is 68.1 cm³/mol. The number of aryl methyl sites for hydroxylation is 1. The van der Waals surface area contributed by atoms with E-state index in [1.54, 1.807) is 13.0 Å². The van der Waals surface area contributed by atoms with E-state index in [-0.39, 0.29) is 0 Å². The molecule has 1 N–H and O–H groups in total. The highest BCUT2D eigenvalue weighted by Crippen LogP contribution is 2.24. The summed E-state index contributed by atoms with van der Waals surface area (Å²) in [6.07, 6.45) is 0.450. The molecule has 0 amide bonds. The fourth-order valence-corrected chi connectivity index (χ4v) is 2.56. The second-order valence-corrected chi connectivity index (χ2v) is 5.19. The summed E-state index contributed by atoms with van der Waals surface area (Å²) in [5.74, 6) is -0.933. The van der Waals surface area contributed by atoms with Gasteiger partial charge in [0.1, 0.15) is 4.88 Å². The van der Waals surface area contributed by atoms with Gasteiger partial charge >= 0.3 is 5.97 Å². The summed E-state index contributed by atoms with van der Waals surface area (Å²) < 4.78 is 0. The van der Waals surface area contributed by atoms with Crippen molar-refractivity contribution < 1.29 is 9.90 Å². The average Bonchev–Trinajstić information content (AvgIpc) is 2.63. The molecule has 0 saturated carbocycles.